The smallest absolute Gasteiger partial charge is 0.275 e. The summed E-state index contributed by atoms with van der Waals surface area (Å²) in [5, 5.41) is 8.71. The lowest BCUT2D eigenvalue weighted by Crippen LogP contribution is -2.18. The normalized spacial score (nSPS) is 17.2. The van der Waals surface area contributed by atoms with Crippen molar-refractivity contribution in [1.82, 2.24) is 19.2 Å². The second-order valence-electron chi connectivity index (χ2n) is 6.38. The summed E-state index contributed by atoms with van der Waals surface area (Å²) in [6.07, 6.45) is 4.11. The Balaban J connectivity index is 1.69. The summed E-state index contributed by atoms with van der Waals surface area (Å²) in [7, 11) is 2.13. The maximum atomic E-state index is 12.1. The molecule has 0 aromatic carbocycles. The van der Waals surface area contributed by atoms with Crippen molar-refractivity contribution in [3.8, 4) is 0 Å². The molecule has 0 radical (unpaired) electrons. The fourth-order valence-corrected chi connectivity index (χ4v) is 4.33. The van der Waals surface area contributed by atoms with Gasteiger partial charge in [0, 0.05) is 30.2 Å². The van der Waals surface area contributed by atoms with E-state index in [1.165, 1.54) is 32.8 Å². The maximum absolute atomic E-state index is 12.1. The second-order valence-corrected chi connectivity index (χ2v) is 7.33. The molecule has 1 atom stereocenters. The molecule has 126 valence electrons. The summed E-state index contributed by atoms with van der Waals surface area (Å²) >= 11 is 1.44. The highest BCUT2D eigenvalue weighted by Gasteiger charge is 2.24. The predicted octanol–water partition coefficient (Wildman–Crippen LogP) is 2.85. The Morgan fingerprint density at radius 3 is 3.04 bits per heavy atom. The van der Waals surface area contributed by atoms with E-state index in [9.17, 15) is 4.79 Å². The molecule has 1 aliphatic carbocycles. The van der Waals surface area contributed by atoms with Crippen molar-refractivity contribution in [2.45, 2.75) is 45.6 Å². The first-order valence-electron chi connectivity index (χ1n) is 8.38. The highest BCUT2D eigenvalue weighted by atomic mass is 32.1. The largest absolute Gasteiger partial charge is 0.353 e. The predicted molar refractivity (Wildman–Crippen MR) is 96.0 cm³/mol. The molecule has 0 amide bonds. The van der Waals surface area contributed by atoms with Gasteiger partial charge in [-0.25, -0.2) is 4.98 Å². The van der Waals surface area contributed by atoms with Crippen molar-refractivity contribution < 1.29 is 0 Å². The van der Waals surface area contributed by atoms with Gasteiger partial charge in [0.25, 0.3) is 5.56 Å². The standard InChI is InChI=1S/C17H21N5OS/c1-4-11-9-15(23)22-17(18-11)24-16(20-22)19-13-6-5-7-14-12(13)8-10(2)21(14)3/h8-9,13H,4-7H2,1-3H3,(H,19,20). The summed E-state index contributed by atoms with van der Waals surface area (Å²) in [5.41, 5.74) is 4.74. The lowest BCUT2D eigenvalue weighted by Gasteiger charge is -2.24. The molecule has 0 saturated heterocycles. The van der Waals surface area contributed by atoms with Crippen molar-refractivity contribution in [2.24, 2.45) is 7.05 Å². The molecular formula is C17H21N5OS. The van der Waals surface area contributed by atoms with E-state index in [1.54, 1.807) is 6.07 Å². The van der Waals surface area contributed by atoms with Crippen molar-refractivity contribution in [3.63, 3.8) is 0 Å². The summed E-state index contributed by atoms with van der Waals surface area (Å²) in [4.78, 5) is 17.3. The molecule has 0 saturated carbocycles. The van der Waals surface area contributed by atoms with E-state index in [1.807, 2.05) is 6.92 Å². The van der Waals surface area contributed by atoms with Gasteiger partial charge in [-0.1, -0.05) is 18.3 Å². The molecule has 7 heteroatoms. The molecule has 0 bridgehead atoms. The number of fused-ring (bicyclic) bond motifs is 2. The second kappa shape index (κ2) is 5.73. The lowest BCUT2D eigenvalue weighted by atomic mass is 9.93. The molecule has 3 heterocycles. The molecule has 1 aliphatic rings. The Hall–Kier alpha value is -2.15. The number of nitrogens with zero attached hydrogens (tertiary/aromatic N) is 4. The number of nitrogens with one attached hydrogen (secondary N) is 1. The molecule has 3 aromatic heterocycles. The van der Waals surface area contributed by atoms with Crippen LogP contribution in [0.1, 0.15) is 48.5 Å². The molecular weight excluding hydrogens is 322 g/mol. The van der Waals surface area contributed by atoms with Crippen LogP contribution in [0.3, 0.4) is 0 Å². The van der Waals surface area contributed by atoms with Gasteiger partial charge < -0.3 is 9.88 Å². The Bertz CT molecular complexity index is 967. The lowest BCUT2D eigenvalue weighted by molar-refractivity contribution is 0.577. The fraction of sp³-hybridized carbons (Fsp3) is 0.471. The highest BCUT2D eigenvalue weighted by molar-refractivity contribution is 7.20. The van der Waals surface area contributed by atoms with E-state index in [0.29, 0.717) is 4.96 Å². The molecule has 1 N–H and O–H groups in total. The molecule has 4 rings (SSSR count). The van der Waals surface area contributed by atoms with Gasteiger partial charge in [0.2, 0.25) is 10.1 Å². The van der Waals surface area contributed by atoms with E-state index in [0.717, 1.165) is 36.5 Å². The van der Waals surface area contributed by atoms with Gasteiger partial charge in [-0.3, -0.25) is 4.79 Å². The quantitative estimate of drug-likeness (QED) is 0.794. The first-order valence-corrected chi connectivity index (χ1v) is 9.20. The summed E-state index contributed by atoms with van der Waals surface area (Å²) in [6.45, 7) is 4.14. The Kier molecular flexibility index (Phi) is 3.68. The van der Waals surface area contributed by atoms with Crippen LogP contribution in [0.5, 0.6) is 0 Å². The van der Waals surface area contributed by atoms with E-state index in [-0.39, 0.29) is 11.6 Å². The molecule has 3 aromatic rings. The van der Waals surface area contributed by atoms with Gasteiger partial charge in [-0.15, -0.1) is 5.10 Å². The van der Waals surface area contributed by atoms with Crippen LogP contribution in [-0.2, 0) is 19.9 Å². The fourth-order valence-electron chi connectivity index (χ4n) is 3.45. The van der Waals surface area contributed by atoms with E-state index in [2.05, 4.69) is 40.0 Å². The van der Waals surface area contributed by atoms with Crippen molar-refractivity contribution in [3.05, 3.63) is 45.1 Å². The van der Waals surface area contributed by atoms with Gasteiger partial charge in [0.05, 0.1) is 6.04 Å². The van der Waals surface area contributed by atoms with Gasteiger partial charge >= 0.3 is 0 Å². The zero-order chi connectivity index (χ0) is 16.8. The first kappa shape index (κ1) is 15.4. The first-order chi connectivity index (χ1) is 11.6. The van der Waals surface area contributed by atoms with Gasteiger partial charge in [-0.2, -0.15) is 4.52 Å². The van der Waals surface area contributed by atoms with Crippen LogP contribution < -0.4 is 10.9 Å². The highest BCUT2D eigenvalue weighted by Crippen LogP contribution is 2.35. The zero-order valence-electron chi connectivity index (χ0n) is 14.2. The van der Waals surface area contributed by atoms with Gasteiger partial charge in [-0.05, 0) is 44.2 Å². The minimum atomic E-state index is -0.110. The van der Waals surface area contributed by atoms with Crippen LogP contribution in [0.15, 0.2) is 16.9 Å². The van der Waals surface area contributed by atoms with Crippen molar-refractivity contribution in [1.29, 1.82) is 0 Å². The molecule has 0 aliphatic heterocycles. The third kappa shape index (κ3) is 2.43. The summed E-state index contributed by atoms with van der Waals surface area (Å²) < 4.78 is 3.67. The summed E-state index contributed by atoms with van der Waals surface area (Å²) in [6, 6.07) is 4.07. The Labute approximate surface area is 144 Å². The molecule has 1 unspecified atom stereocenters. The average Bonchev–Trinajstić information content (AvgIpc) is 3.10. The number of aryl methyl sites for hydroxylation is 2. The van der Waals surface area contributed by atoms with Crippen LogP contribution in [0.2, 0.25) is 0 Å². The molecule has 24 heavy (non-hydrogen) atoms. The number of hydrogen-bond donors (Lipinski definition) is 1. The number of aromatic nitrogens is 4. The third-order valence-electron chi connectivity index (χ3n) is 4.87. The zero-order valence-corrected chi connectivity index (χ0v) is 15.0. The number of rotatable bonds is 3. The van der Waals surface area contributed by atoms with Crippen molar-refractivity contribution in [2.75, 3.05) is 5.32 Å². The third-order valence-corrected chi connectivity index (χ3v) is 5.71. The van der Waals surface area contributed by atoms with Crippen LogP contribution in [-0.4, -0.2) is 19.2 Å². The topological polar surface area (TPSA) is 64.2 Å². The van der Waals surface area contributed by atoms with Gasteiger partial charge in [0.15, 0.2) is 0 Å². The van der Waals surface area contributed by atoms with E-state index in [4.69, 9.17) is 0 Å². The SMILES string of the molecule is CCc1cc(=O)n2nc(NC3CCCc4c3cc(C)n4C)sc2n1. The summed E-state index contributed by atoms with van der Waals surface area (Å²) in [5.74, 6) is 0. The minimum absolute atomic E-state index is 0.110. The van der Waals surface area contributed by atoms with Gasteiger partial charge in [0.1, 0.15) is 0 Å². The molecule has 6 nitrogen and oxygen atoms in total. The average molecular weight is 343 g/mol. The van der Waals surface area contributed by atoms with Crippen LogP contribution in [0.25, 0.3) is 4.96 Å². The number of hydrogen-bond acceptors (Lipinski definition) is 5. The Morgan fingerprint density at radius 1 is 1.42 bits per heavy atom. The number of anilines is 1. The van der Waals surface area contributed by atoms with E-state index >= 15 is 0 Å². The maximum Gasteiger partial charge on any atom is 0.275 e. The molecule has 0 fully saturated rings. The Morgan fingerprint density at radius 2 is 2.25 bits per heavy atom. The van der Waals surface area contributed by atoms with Crippen LogP contribution in [0, 0.1) is 6.92 Å². The monoisotopic (exact) mass is 343 g/mol. The minimum Gasteiger partial charge on any atom is -0.353 e. The van der Waals surface area contributed by atoms with E-state index < -0.39 is 0 Å². The van der Waals surface area contributed by atoms with Crippen LogP contribution in [0.4, 0.5) is 5.13 Å². The molecule has 0 spiro atoms. The van der Waals surface area contributed by atoms with Crippen molar-refractivity contribution >= 4 is 21.4 Å². The van der Waals surface area contributed by atoms with Crippen LogP contribution >= 0.6 is 11.3 Å².